The van der Waals surface area contributed by atoms with E-state index in [4.69, 9.17) is 10.5 Å². The molecule has 0 bridgehead atoms. The van der Waals surface area contributed by atoms with E-state index < -0.39 is 36.4 Å². The van der Waals surface area contributed by atoms with Crippen molar-refractivity contribution in [3.05, 3.63) is 70.8 Å². The van der Waals surface area contributed by atoms with Gasteiger partial charge in [-0.3, -0.25) is 4.79 Å². The summed E-state index contributed by atoms with van der Waals surface area (Å²) < 4.78 is 9.62. The summed E-state index contributed by atoms with van der Waals surface area (Å²) in [4.78, 5) is 51.2. The van der Waals surface area contributed by atoms with Crippen LogP contribution in [0, 0.1) is 5.92 Å². The van der Waals surface area contributed by atoms with Crippen LogP contribution in [0.3, 0.4) is 0 Å². The molecule has 0 fully saturated rings. The number of nitrogens with zero attached hydrogens (tertiary/aromatic N) is 1. The number of carbonyl (C=O) groups is 4. The van der Waals surface area contributed by atoms with E-state index in [9.17, 15) is 19.2 Å². The number of hydrogen-bond acceptors (Lipinski definition) is 7. The van der Waals surface area contributed by atoms with Gasteiger partial charge in [-0.2, -0.15) is 0 Å². The second kappa shape index (κ2) is 10.4. The number of hydrogen-bond donors (Lipinski definition) is 1. The number of esters is 3. The van der Waals surface area contributed by atoms with Crippen LogP contribution >= 0.6 is 0 Å². The summed E-state index contributed by atoms with van der Waals surface area (Å²) in [7, 11) is 1.28. The highest BCUT2D eigenvalue weighted by Gasteiger charge is 2.33. The number of amides is 1. The van der Waals surface area contributed by atoms with E-state index in [0.29, 0.717) is 24.0 Å². The van der Waals surface area contributed by atoms with Crippen LogP contribution in [0.2, 0.25) is 0 Å². The molecule has 1 atom stereocenters. The van der Waals surface area contributed by atoms with Crippen molar-refractivity contribution in [2.24, 2.45) is 11.7 Å². The summed E-state index contributed by atoms with van der Waals surface area (Å²) in [6, 6.07) is 12.6. The molecule has 1 amide bonds. The highest BCUT2D eigenvalue weighted by Crippen LogP contribution is 2.26. The smallest absolute Gasteiger partial charge is 0.337 e. The Kier molecular flexibility index (Phi) is 7.60. The van der Waals surface area contributed by atoms with Gasteiger partial charge < -0.3 is 20.1 Å². The SMILES string of the molecule is COC(=O)c1ccc(C(=O)N(CC(=O)OC(=O)[C@@H](N)C(C)C)C2Cc3ccccc3C2)cc1. The van der Waals surface area contributed by atoms with Crippen molar-refractivity contribution in [1.29, 1.82) is 0 Å². The van der Waals surface area contributed by atoms with E-state index in [1.165, 1.54) is 36.3 Å². The van der Waals surface area contributed by atoms with E-state index in [2.05, 4.69) is 4.74 Å². The molecule has 3 rings (SSSR count). The van der Waals surface area contributed by atoms with Crippen molar-refractivity contribution in [3.63, 3.8) is 0 Å². The van der Waals surface area contributed by atoms with Crippen LogP contribution in [0.4, 0.5) is 0 Å². The molecule has 8 heteroatoms. The quantitative estimate of drug-likeness (QED) is 0.505. The molecule has 0 aromatic heterocycles. The monoisotopic (exact) mass is 452 g/mol. The van der Waals surface area contributed by atoms with Gasteiger partial charge in [0, 0.05) is 11.6 Å². The first-order valence-corrected chi connectivity index (χ1v) is 10.8. The number of fused-ring (bicyclic) bond motifs is 1. The van der Waals surface area contributed by atoms with Crippen LogP contribution in [0.15, 0.2) is 48.5 Å². The van der Waals surface area contributed by atoms with Gasteiger partial charge in [-0.05, 0) is 54.2 Å². The number of rotatable bonds is 7. The fourth-order valence-corrected chi connectivity index (χ4v) is 3.78. The van der Waals surface area contributed by atoms with Gasteiger partial charge in [-0.15, -0.1) is 0 Å². The first-order valence-electron chi connectivity index (χ1n) is 10.8. The molecule has 0 aliphatic heterocycles. The normalized spacial score (nSPS) is 13.8. The molecule has 0 spiro atoms. The standard InChI is InChI=1S/C25H28N2O6/c1-15(2)22(26)25(31)33-21(28)14-27(20-12-18-6-4-5-7-19(18)13-20)23(29)16-8-10-17(11-9-16)24(30)32-3/h4-11,15,20,22H,12-14,26H2,1-3H3/t22-/m0/s1. The van der Waals surface area contributed by atoms with E-state index in [-0.39, 0.29) is 12.0 Å². The molecule has 0 unspecified atom stereocenters. The Morgan fingerprint density at radius 1 is 0.970 bits per heavy atom. The lowest BCUT2D eigenvalue weighted by atomic mass is 10.1. The molecule has 174 valence electrons. The lowest BCUT2D eigenvalue weighted by Gasteiger charge is -2.28. The average molecular weight is 453 g/mol. The predicted octanol–water partition coefficient (Wildman–Crippen LogP) is 2.14. The summed E-state index contributed by atoms with van der Waals surface area (Å²) in [5.41, 5.74) is 8.59. The van der Waals surface area contributed by atoms with E-state index in [1.54, 1.807) is 13.8 Å². The minimum atomic E-state index is -0.931. The Hall–Kier alpha value is -3.52. The third kappa shape index (κ3) is 5.64. The second-order valence-electron chi connectivity index (χ2n) is 8.40. The lowest BCUT2D eigenvalue weighted by molar-refractivity contribution is -0.161. The lowest BCUT2D eigenvalue weighted by Crippen LogP contribution is -2.46. The first kappa shape index (κ1) is 24.1. The molecule has 1 aliphatic rings. The fourth-order valence-electron chi connectivity index (χ4n) is 3.78. The maximum Gasteiger partial charge on any atom is 0.337 e. The van der Waals surface area contributed by atoms with Gasteiger partial charge in [0.1, 0.15) is 12.6 Å². The molecular weight excluding hydrogens is 424 g/mol. The van der Waals surface area contributed by atoms with Crippen LogP contribution in [0.1, 0.15) is 45.7 Å². The summed E-state index contributed by atoms with van der Waals surface area (Å²) in [5, 5.41) is 0. The van der Waals surface area contributed by atoms with Gasteiger partial charge in [0.15, 0.2) is 0 Å². The highest BCUT2D eigenvalue weighted by molar-refractivity contribution is 5.98. The zero-order valence-corrected chi connectivity index (χ0v) is 18.9. The third-order valence-electron chi connectivity index (χ3n) is 5.79. The topological polar surface area (TPSA) is 116 Å². The molecule has 0 radical (unpaired) electrons. The summed E-state index contributed by atoms with van der Waals surface area (Å²) >= 11 is 0. The average Bonchev–Trinajstić information content (AvgIpc) is 3.25. The molecule has 1 aliphatic carbocycles. The molecule has 33 heavy (non-hydrogen) atoms. The number of nitrogens with two attached hydrogens (primary N) is 1. The van der Waals surface area contributed by atoms with E-state index in [0.717, 1.165) is 11.1 Å². The Bertz CT molecular complexity index is 1020. The molecule has 2 aromatic carbocycles. The van der Waals surface area contributed by atoms with Crippen LogP contribution in [0.25, 0.3) is 0 Å². The van der Waals surface area contributed by atoms with Crippen molar-refractivity contribution < 1.29 is 28.7 Å². The second-order valence-corrected chi connectivity index (χ2v) is 8.40. The number of ether oxygens (including phenoxy) is 2. The third-order valence-corrected chi connectivity index (χ3v) is 5.79. The minimum Gasteiger partial charge on any atom is -0.465 e. The largest absolute Gasteiger partial charge is 0.465 e. The maximum atomic E-state index is 13.4. The highest BCUT2D eigenvalue weighted by atomic mass is 16.6. The molecule has 2 aromatic rings. The van der Waals surface area contributed by atoms with Gasteiger partial charge >= 0.3 is 17.9 Å². The van der Waals surface area contributed by atoms with Gasteiger partial charge in [-0.1, -0.05) is 38.1 Å². The van der Waals surface area contributed by atoms with E-state index in [1.807, 2.05) is 24.3 Å². The summed E-state index contributed by atoms with van der Waals surface area (Å²) in [6.07, 6.45) is 1.16. The van der Waals surface area contributed by atoms with Crippen molar-refractivity contribution in [2.45, 2.75) is 38.8 Å². The molecular formula is C25H28N2O6. The number of carbonyl (C=O) groups excluding carboxylic acids is 4. The minimum absolute atomic E-state index is 0.194. The Labute approximate surface area is 192 Å². The van der Waals surface area contributed by atoms with Gasteiger partial charge in [0.2, 0.25) is 0 Å². The Morgan fingerprint density at radius 2 is 1.52 bits per heavy atom. The summed E-state index contributed by atoms with van der Waals surface area (Å²) in [5.74, 6) is -2.77. The number of methoxy groups -OCH3 is 1. The van der Waals surface area contributed by atoms with Gasteiger partial charge in [0.25, 0.3) is 5.91 Å². The van der Waals surface area contributed by atoms with Crippen LogP contribution < -0.4 is 5.73 Å². The summed E-state index contributed by atoms with van der Waals surface area (Å²) in [6.45, 7) is 3.10. The van der Waals surface area contributed by atoms with Crippen LogP contribution in [-0.4, -0.2) is 54.5 Å². The molecule has 0 saturated carbocycles. The Morgan fingerprint density at radius 3 is 2.03 bits per heavy atom. The van der Waals surface area contributed by atoms with Crippen LogP contribution in [0.5, 0.6) is 0 Å². The molecule has 0 heterocycles. The van der Waals surface area contributed by atoms with Crippen molar-refractivity contribution >= 4 is 23.8 Å². The van der Waals surface area contributed by atoms with Crippen molar-refractivity contribution in [3.8, 4) is 0 Å². The molecule has 0 saturated heterocycles. The molecule has 8 nitrogen and oxygen atoms in total. The van der Waals surface area contributed by atoms with Gasteiger partial charge in [0.05, 0.1) is 12.7 Å². The molecule has 2 N–H and O–H groups in total. The number of benzene rings is 2. The first-order chi connectivity index (χ1) is 15.7. The zero-order valence-electron chi connectivity index (χ0n) is 18.9. The van der Waals surface area contributed by atoms with Crippen molar-refractivity contribution in [2.75, 3.05) is 13.7 Å². The zero-order chi connectivity index (χ0) is 24.1. The Balaban J connectivity index is 1.81. The predicted molar refractivity (Wildman–Crippen MR) is 120 cm³/mol. The fraction of sp³-hybridized carbons (Fsp3) is 0.360. The van der Waals surface area contributed by atoms with Gasteiger partial charge in [-0.25, -0.2) is 14.4 Å². The maximum absolute atomic E-state index is 13.4. The van der Waals surface area contributed by atoms with Crippen molar-refractivity contribution in [1.82, 2.24) is 4.90 Å². The van der Waals surface area contributed by atoms with Crippen LogP contribution in [-0.2, 0) is 31.9 Å². The van der Waals surface area contributed by atoms with E-state index >= 15 is 0 Å².